The third kappa shape index (κ3) is 3.32. The van der Waals surface area contributed by atoms with Crippen LogP contribution < -0.4 is 14.5 Å². The predicted molar refractivity (Wildman–Crippen MR) is 108 cm³/mol. The van der Waals surface area contributed by atoms with Crippen LogP contribution in [-0.2, 0) is 11.2 Å². The van der Waals surface area contributed by atoms with E-state index in [0.29, 0.717) is 18.2 Å². The molecule has 29 heavy (non-hydrogen) atoms. The van der Waals surface area contributed by atoms with Crippen molar-refractivity contribution in [3.8, 4) is 5.75 Å². The molecule has 1 amide bonds. The lowest BCUT2D eigenvalue weighted by atomic mass is 9.80. The predicted octanol–water partition coefficient (Wildman–Crippen LogP) is 3.35. The Morgan fingerprint density at radius 3 is 2.79 bits per heavy atom. The molecule has 1 saturated carbocycles. The number of benzene rings is 1. The lowest BCUT2D eigenvalue weighted by molar-refractivity contribution is -0.119. The Morgan fingerprint density at radius 2 is 2.03 bits per heavy atom. The first-order valence-electron chi connectivity index (χ1n) is 10.5. The fourth-order valence-electron chi connectivity index (χ4n) is 4.70. The van der Waals surface area contributed by atoms with Crippen molar-refractivity contribution in [2.24, 2.45) is 5.92 Å². The van der Waals surface area contributed by atoms with Crippen molar-refractivity contribution in [3.05, 3.63) is 42.1 Å². The van der Waals surface area contributed by atoms with Gasteiger partial charge >= 0.3 is 0 Å². The average molecular weight is 396 g/mol. The molecule has 2 aliphatic heterocycles. The van der Waals surface area contributed by atoms with Crippen molar-refractivity contribution >= 4 is 17.4 Å². The summed E-state index contributed by atoms with van der Waals surface area (Å²) in [4.78, 5) is 26.1. The van der Waals surface area contributed by atoms with Crippen LogP contribution in [0.1, 0.15) is 38.4 Å². The van der Waals surface area contributed by atoms with Gasteiger partial charge in [-0.25, -0.2) is 14.4 Å². The van der Waals surface area contributed by atoms with Crippen LogP contribution in [0, 0.1) is 11.7 Å². The first-order chi connectivity index (χ1) is 14.1. The summed E-state index contributed by atoms with van der Waals surface area (Å²) in [5.74, 6) is 2.87. The second-order valence-corrected chi connectivity index (χ2v) is 8.16. The molecule has 1 aromatic carbocycles. The summed E-state index contributed by atoms with van der Waals surface area (Å²) in [6.07, 6.45) is 6.62. The molecular formula is C22H25FN4O2. The number of hydrogen-bond acceptors (Lipinski definition) is 5. The van der Waals surface area contributed by atoms with E-state index in [9.17, 15) is 9.18 Å². The number of anilines is 2. The van der Waals surface area contributed by atoms with Gasteiger partial charge in [0.1, 0.15) is 29.1 Å². The lowest BCUT2D eigenvalue weighted by Crippen LogP contribution is -2.51. The Kier molecular flexibility index (Phi) is 4.60. The van der Waals surface area contributed by atoms with Crippen LogP contribution in [0.3, 0.4) is 0 Å². The number of fused-ring (bicyclic) bond motifs is 3. The molecule has 1 aromatic heterocycles. The molecule has 7 heteroatoms. The zero-order valence-corrected chi connectivity index (χ0v) is 16.6. The smallest absolute Gasteiger partial charge is 0.249 e. The van der Waals surface area contributed by atoms with Crippen molar-refractivity contribution in [3.63, 3.8) is 0 Å². The van der Waals surface area contributed by atoms with Gasteiger partial charge in [-0.1, -0.05) is 0 Å². The molecule has 0 spiro atoms. The minimum absolute atomic E-state index is 0.0672. The largest absolute Gasteiger partial charge is 0.490 e. The zero-order valence-electron chi connectivity index (χ0n) is 16.6. The molecule has 0 radical (unpaired) electrons. The van der Waals surface area contributed by atoms with Gasteiger partial charge in [-0.15, -0.1) is 0 Å². The van der Waals surface area contributed by atoms with Crippen LogP contribution in [0.4, 0.5) is 15.9 Å². The third-order valence-electron chi connectivity index (χ3n) is 6.26. The summed E-state index contributed by atoms with van der Waals surface area (Å²) in [5.41, 5.74) is 0.838. The number of halogens is 1. The monoisotopic (exact) mass is 396 g/mol. The van der Waals surface area contributed by atoms with Crippen LogP contribution in [-0.4, -0.2) is 41.1 Å². The van der Waals surface area contributed by atoms with Gasteiger partial charge in [-0.2, -0.15) is 0 Å². The summed E-state index contributed by atoms with van der Waals surface area (Å²) >= 11 is 0. The number of carbonyl (C=O) groups is 1. The van der Waals surface area contributed by atoms with E-state index in [4.69, 9.17) is 9.72 Å². The molecule has 2 fully saturated rings. The maximum Gasteiger partial charge on any atom is 0.249 e. The van der Waals surface area contributed by atoms with Gasteiger partial charge in [0, 0.05) is 19.5 Å². The third-order valence-corrected chi connectivity index (χ3v) is 6.26. The van der Waals surface area contributed by atoms with Crippen LogP contribution in [0.5, 0.6) is 5.75 Å². The highest BCUT2D eigenvalue weighted by Gasteiger charge is 2.41. The lowest BCUT2D eigenvalue weighted by Gasteiger charge is -2.38. The van der Waals surface area contributed by atoms with E-state index in [1.807, 2.05) is 18.0 Å². The number of carbonyl (C=O) groups excluding carboxylic acids is 1. The van der Waals surface area contributed by atoms with Gasteiger partial charge in [-0.05, 0) is 62.8 Å². The van der Waals surface area contributed by atoms with Gasteiger partial charge in [0.2, 0.25) is 5.91 Å². The van der Waals surface area contributed by atoms with E-state index in [0.717, 1.165) is 56.0 Å². The number of nitrogens with zero attached hydrogens (tertiary/aromatic N) is 4. The average Bonchev–Trinajstić information content (AvgIpc) is 3.19. The maximum absolute atomic E-state index is 13.0. The number of aromatic nitrogens is 2. The molecule has 6 nitrogen and oxygen atoms in total. The van der Waals surface area contributed by atoms with Crippen LogP contribution >= 0.6 is 0 Å². The molecule has 2 aromatic rings. The maximum atomic E-state index is 13.0. The molecule has 3 aliphatic rings. The Morgan fingerprint density at radius 1 is 1.24 bits per heavy atom. The van der Waals surface area contributed by atoms with Gasteiger partial charge in [0.25, 0.3) is 0 Å². The van der Waals surface area contributed by atoms with Gasteiger partial charge in [0.15, 0.2) is 5.82 Å². The van der Waals surface area contributed by atoms with Crippen molar-refractivity contribution in [1.29, 1.82) is 0 Å². The SMILES string of the molecule is CCN1C(=O)[C@H]2CCCN2c2nc(CC3CC(Oc4ccc(F)cc4)C3)ncc21. The second-order valence-electron chi connectivity index (χ2n) is 8.16. The van der Waals surface area contributed by atoms with Crippen LogP contribution in [0.2, 0.25) is 0 Å². The van der Waals surface area contributed by atoms with E-state index in [1.165, 1.54) is 12.1 Å². The first-order valence-corrected chi connectivity index (χ1v) is 10.5. The Balaban J connectivity index is 1.25. The molecule has 0 unspecified atom stereocenters. The normalized spacial score (nSPS) is 25.4. The second kappa shape index (κ2) is 7.28. The zero-order chi connectivity index (χ0) is 20.0. The summed E-state index contributed by atoms with van der Waals surface area (Å²) in [6.45, 7) is 3.52. The van der Waals surface area contributed by atoms with Crippen LogP contribution in [0.15, 0.2) is 30.5 Å². The molecule has 3 heterocycles. The first kappa shape index (κ1) is 18.3. The van der Waals surface area contributed by atoms with E-state index in [1.54, 1.807) is 12.1 Å². The fourth-order valence-corrected chi connectivity index (χ4v) is 4.70. The van der Waals surface area contributed by atoms with E-state index < -0.39 is 0 Å². The molecular weight excluding hydrogens is 371 g/mol. The minimum atomic E-state index is -0.253. The molecule has 0 bridgehead atoms. The van der Waals surface area contributed by atoms with E-state index >= 15 is 0 Å². The summed E-state index contributed by atoms with van der Waals surface area (Å²) < 4.78 is 18.9. The topological polar surface area (TPSA) is 58.6 Å². The highest BCUT2D eigenvalue weighted by atomic mass is 19.1. The molecule has 1 atom stereocenters. The number of amides is 1. The Bertz CT molecular complexity index is 914. The van der Waals surface area contributed by atoms with Crippen LogP contribution in [0.25, 0.3) is 0 Å². The summed E-state index contributed by atoms with van der Waals surface area (Å²) in [6, 6.07) is 6.11. The summed E-state index contributed by atoms with van der Waals surface area (Å²) in [5, 5.41) is 0. The number of hydrogen-bond donors (Lipinski definition) is 0. The van der Waals surface area contributed by atoms with Crippen molar-refractivity contribution in [2.75, 3.05) is 22.9 Å². The van der Waals surface area contributed by atoms with Crippen molar-refractivity contribution in [1.82, 2.24) is 9.97 Å². The van der Waals surface area contributed by atoms with Gasteiger partial charge < -0.3 is 14.5 Å². The summed E-state index contributed by atoms with van der Waals surface area (Å²) in [7, 11) is 0. The van der Waals surface area contributed by atoms with Crippen molar-refractivity contribution < 1.29 is 13.9 Å². The highest BCUT2D eigenvalue weighted by Crippen LogP contribution is 2.39. The van der Waals surface area contributed by atoms with Gasteiger partial charge in [0.05, 0.1) is 12.3 Å². The number of rotatable bonds is 5. The Hall–Kier alpha value is -2.70. The quantitative estimate of drug-likeness (QED) is 0.776. The van der Waals surface area contributed by atoms with Crippen molar-refractivity contribution in [2.45, 2.75) is 51.2 Å². The minimum Gasteiger partial charge on any atom is -0.490 e. The van der Waals surface area contributed by atoms with Gasteiger partial charge in [-0.3, -0.25) is 4.79 Å². The highest BCUT2D eigenvalue weighted by molar-refractivity contribution is 6.04. The molecule has 152 valence electrons. The molecule has 0 N–H and O–H groups in total. The molecule has 5 rings (SSSR count). The molecule has 1 saturated heterocycles. The fraction of sp³-hybridized carbons (Fsp3) is 0.500. The molecule has 1 aliphatic carbocycles. The Labute approximate surface area is 169 Å². The standard InChI is InChI=1S/C22H25FN4O2/c1-2-26-19-13-24-20(25-21(19)27-9-3-4-18(27)22(26)28)12-14-10-17(11-14)29-16-7-5-15(23)6-8-16/h5-8,13-14,17-18H,2-4,9-12H2,1H3/t14?,17?,18-/m1/s1. The number of ether oxygens (including phenoxy) is 1. The number of likely N-dealkylation sites (N-methyl/N-ethyl adjacent to an activating group) is 1. The van der Waals surface area contributed by atoms with E-state index in [2.05, 4.69) is 9.88 Å². The van der Waals surface area contributed by atoms with E-state index in [-0.39, 0.29) is 23.9 Å².